The maximum Gasteiger partial charge on any atom is 0.335 e. The van der Waals surface area contributed by atoms with Gasteiger partial charge in [-0.3, -0.25) is 0 Å². The smallest absolute Gasteiger partial charge is 0.335 e. The molecule has 1 aromatic rings. The normalized spacial score (nSPS) is 15.4. The Morgan fingerprint density at radius 3 is 2.65 bits per heavy atom. The van der Waals surface area contributed by atoms with Crippen LogP contribution in [-0.4, -0.2) is 65.1 Å². The number of morpholine rings is 1. The Balaban J connectivity index is 2.19. The largest absolute Gasteiger partial charge is 0.478 e. The standard InChI is InChI=1S/C17H26N2O6S/c1-13(2)25-9-3-6-18-26(22,23)16-12-14(17(20)21)4-5-15(16)19-7-10-24-11-8-19/h4-5,12-13,18H,3,6-11H2,1-2H3,(H,20,21). The fourth-order valence-corrected chi connectivity index (χ4v) is 3.93. The zero-order chi connectivity index (χ0) is 19.2. The van der Waals surface area contributed by atoms with E-state index in [9.17, 15) is 18.3 Å². The monoisotopic (exact) mass is 386 g/mol. The van der Waals surface area contributed by atoms with Crippen LogP contribution in [0.1, 0.15) is 30.6 Å². The average molecular weight is 386 g/mol. The molecule has 1 saturated heterocycles. The number of hydrogen-bond donors (Lipinski definition) is 2. The van der Waals surface area contributed by atoms with Gasteiger partial charge in [-0.1, -0.05) is 0 Å². The molecule has 0 spiro atoms. The highest BCUT2D eigenvalue weighted by Crippen LogP contribution is 2.27. The second-order valence-corrected chi connectivity index (χ2v) is 7.99. The predicted molar refractivity (Wildman–Crippen MR) is 97.3 cm³/mol. The number of carbonyl (C=O) groups is 1. The van der Waals surface area contributed by atoms with Crippen LogP contribution in [0.3, 0.4) is 0 Å². The fraction of sp³-hybridized carbons (Fsp3) is 0.588. The van der Waals surface area contributed by atoms with E-state index in [1.54, 1.807) is 6.07 Å². The Labute approximate surface area is 154 Å². The lowest BCUT2D eigenvalue weighted by molar-refractivity contribution is 0.0696. The number of anilines is 1. The third kappa shape index (κ3) is 5.66. The van der Waals surface area contributed by atoms with Crippen LogP contribution in [0.15, 0.2) is 23.1 Å². The summed E-state index contributed by atoms with van der Waals surface area (Å²) in [6.07, 6.45) is 0.620. The van der Waals surface area contributed by atoms with Crippen LogP contribution >= 0.6 is 0 Å². The first kappa shape index (κ1) is 20.6. The number of aromatic carboxylic acids is 1. The molecule has 1 aliphatic rings. The van der Waals surface area contributed by atoms with E-state index in [2.05, 4.69) is 4.72 Å². The fourth-order valence-electron chi connectivity index (χ4n) is 2.60. The summed E-state index contributed by atoms with van der Waals surface area (Å²) < 4.78 is 38.8. The molecule has 8 nitrogen and oxygen atoms in total. The summed E-state index contributed by atoms with van der Waals surface area (Å²) in [5.41, 5.74) is 0.426. The molecule has 0 saturated carbocycles. The van der Waals surface area contributed by atoms with Gasteiger partial charge in [0.1, 0.15) is 4.90 Å². The molecule has 9 heteroatoms. The summed E-state index contributed by atoms with van der Waals surface area (Å²) in [4.78, 5) is 13.1. The number of rotatable bonds is 9. The van der Waals surface area contributed by atoms with E-state index in [1.165, 1.54) is 12.1 Å². The molecule has 0 bridgehead atoms. The summed E-state index contributed by atoms with van der Waals surface area (Å²) in [5, 5.41) is 9.21. The molecule has 0 aliphatic carbocycles. The Hall–Kier alpha value is -1.68. The number of carboxylic acids is 1. The van der Waals surface area contributed by atoms with Crippen molar-refractivity contribution in [1.82, 2.24) is 4.72 Å². The minimum absolute atomic E-state index is 0.0240. The first-order chi connectivity index (χ1) is 12.3. The first-order valence-electron chi connectivity index (χ1n) is 8.62. The van der Waals surface area contributed by atoms with Gasteiger partial charge in [-0.05, 0) is 38.5 Å². The van der Waals surface area contributed by atoms with Crippen LogP contribution in [-0.2, 0) is 19.5 Å². The zero-order valence-corrected chi connectivity index (χ0v) is 15.9. The Kier molecular flexibility index (Phi) is 7.39. The van der Waals surface area contributed by atoms with Gasteiger partial charge in [0.25, 0.3) is 0 Å². The summed E-state index contributed by atoms with van der Waals surface area (Å²) in [6.45, 7) is 6.60. The van der Waals surface area contributed by atoms with E-state index < -0.39 is 16.0 Å². The molecule has 0 atom stereocenters. The summed E-state index contributed by atoms with van der Waals surface area (Å²) in [7, 11) is -3.85. The maximum absolute atomic E-state index is 12.8. The highest BCUT2D eigenvalue weighted by Gasteiger charge is 2.24. The highest BCUT2D eigenvalue weighted by atomic mass is 32.2. The van der Waals surface area contributed by atoms with Crippen molar-refractivity contribution >= 4 is 21.7 Å². The molecule has 0 unspecified atom stereocenters. The van der Waals surface area contributed by atoms with E-state index in [1.807, 2.05) is 18.7 Å². The topological polar surface area (TPSA) is 105 Å². The molecule has 1 heterocycles. The van der Waals surface area contributed by atoms with Crippen LogP contribution in [0, 0.1) is 0 Å². The SMILES string of the molecule is CC(C)OCCCNS(=O)(=O)c1cc(C(=O)O)ccc1N1CCOCC1. The zero-order valence-electron chi connectivity index (χ0n) is 15.1. The molecule has 1 fully saturated rings. The lowest BCUT2D eigenvalue weighted by Crippen LogP contribution is -2.38. The second-order valence-electron chi connectivity index (χ2n) is 6.26. The van der Waals surface area contributed by atoms with Gasteiger partial charge in [0.05, 0.1) is 30.6 Å². The molecule has 0 radical (unpaired) electrons. The second kappa shape index (κ2) is 9.31. The average Bonchev–Trinajstić information content (AvgIpc) is 2.61. The Morgan fingerprint density at radius 1 is 1.35 bits per heavy atom. The summed E-state index contributed by atoms with van der Waals surface area (Å²) >= 11 is 0. The number of sulfonamides is 1. The van der Waals surface area contributed by atoms with Crippen LogP contribution in [0.5, 0.6) is 0 Å². The molecule has 146 valence electrons. The number of nitrogens with one attached hydrogen (secondary N) is 1. The van der Waals surface area contributed by atoms with Gasteiger partial charge in [-0.25, -0.2) is 17.9 Å². The van der Waals surface area contributed by atoms with Crippen LogP contribution in [0.25, 0.3) is 0 Å². The third-order valence-corrected chi connectivity index (χ3v) is 5.40. The molecule has 1 aromatic carbocycles. The van der Waals surface area contributed by atoms with Crippen molar-refractivity contribution in [3.8, 4) is 0 Å². The van der Waals surface area contributed by atoms with E-state index in [0.717, 1.165) is 0 Å². The summed E-state index contributed by atoms with van der Waals surface area (Å²) in [5.74, 6) is -1.17. The minimum atomic E-state index is -3.85. The molecule has 0 aromatic heterocycles. The molecular weight excluding hydrogens is 360 g/mol. The third-order valence-electron chi connectivity index (χ3n) is 3.91. The number of ether oxygens (including phenoxy) is 2. The van der Waals surface area contributed by atoms with E-state index >= 15 is 0 Å². The van der Waals surface area contributed by atoms with Crippen molar-refractivity contribution in [3.05, 3.63) is 23.8 Å². The first-order valence-corrected chi connectivity index (χ1v) is 10.1. The number of nitrogens with zero attached hydrogens (tertiary/aromatic N) is 1. The van der Waals surface area contributed by atoms with Crippen molar-refractivity contribution in [1.29, 1.82) is 0 Å². The van der Waals surface area contributed by atoms with Gasteiger partial charge in [0, 0.05) is 26.2 Å². The van der Waals surface area contributed by atoms with Gasteiger partial charge in [-0.15, -0.1) is 0 Å². The quantitative estimate of drug-likeness (QED) is 0.617. The molecule has 0 amide bonds. The lowest BCUT2D eigenvalue weighted by atomic mass is 10.2. The van der Waals surface area contributed by atoms with Crippen LogP contribution in [0.2, 0.25) is 0 Å². The van der Waals surface area contributed by atoms with E-state index in [-0.39, 0.29) is 23.1 Å². The molecule has 2 rings (SSSR count). The number of carboxylic acid groups (broad SMARTS) is 1. The van der Waals surface area contributed by atoms with Gasteiger partial charge >= 0.3 is 5.97 Å². The van der Waals surface area contributed by atoms with E-state index in [4.69, 9.17) is 9.47 Å². The number of benzene rings is 1. The van der Waals surface area contributed by atoms with Gasteiger partial charge in [0.15, 0.2) is 0 Å². The summed E-state index contributed by atoms with van der Waals surface area (Å²) in [6, 6.07) is 4.17. The van der Waals surface area contributed by atoms with Crippen molar-refractivity contribution in [3.63, 3.8) is 0 Å². The highest BCUT2D eigenvalue weighted by molar-refractivity contribution is 7.89. The van der Waals surface area contributed by atoms with Gasteiger partial charge < -0.3 is 19.5 Å². The predicted octanol–water partition coefficient (Wildman–Crippen LogP) is 1.31. The Morgan fingerprint density at radius 2 is 2.04 bits per heavy atom. The Bertz CT molecular complexity index is 714. The van der Waals surface area contributed by atoms with Crippen molar-refractivity contribution < 1.29 is 27.8 Å². The van der Waals surface area contributed by atoms with Crippen molar-refractivity contribution in [2.75, 3.05) is 44.4 Å². The minimum Gasteiger partial charge on any atom is -0.478 e. The molecule has 2 N–H and O–H groups in total. The van der Waals surface area contributed by atoms with Crippen LogP contribution in [0.4, 0.5) is 5.69 Å². The van der Waals surface area contributed by atoms with E-state index in [0.29, 0.717) is 45.0 Å². The molecular formula is C17H26N2O6S. The van der Waals surface area contributed by atoms with Gasteiger partial charge in [-0.2, -0.15) is 0 Å². The molecule has 26 heavy (non-hydrogen) atoms. The van der Waals surface area contributed by atoms with Crippen LogP contribution < -0.4 is 9.62 Å². The maximum atomic E-state index is 12.8. The molecule has 1 aliphatic heterocycles. The van der Waals surface area contributed by atoms with Crippen molar-refractivity contribution in [2.45, 2.75) is 31.3 Å². The van der Waals surface area contributed by atoms with Crippen molar-refractivity contribution in [2.24, 2.45) is 0 Å². The number of hydrogen-bond acceptors (Lipinski definition) is 6. The van der Waals surface area contributed by atoms with Gasteiger partial charge in [0.2, 0.25) is 10.0 Å². The lowest BCUT2D eigenvalue weighted by Gasteiger charge is -2.30.